The number of hydrogen-bond donors (Lipinski definition) is 3. The van der Waals surface area contributed by atoms with Gasteiger partial charge in [0, 0.05) is 17.8 Å². The highest BCUT2D eigenvalue weighted by Crippen LogP contribution is 2.22. The maximum Gasteiger partial charge on any atom is 0.338 e. The topological polar surface area (TPSA) is 92.0 Å². The number of rotatable bonds is 1. The minimum absolute atomic E-state index is 0.122. The molecular weight excluding hydrogens is 170 g/mol. The predicted molar refractivity (Wildman–Crippen MR) is 47.5 cm³/mol. The maximum atomic E-state index is 10.8. The van der Waals surface area contributed by atoms with Crippen LogP contribution in [0.2, 0.25) is 0 Å². The van der Waals surface area contributed by atoms with Gasteiger partial charge in [-0.3, -0.25) is 4.98 Å². The van der Waals surface area contributed by atoms with Gasteiger partial charge in [-0.2, -0.15) is 0 Å². The molecule has 0 spiro atoms. The second-order valence-electron chi connectivity index (χ2n) is 2.66. The van der Waals surface area contributed by atoms with Crippen molar-refractivity contribution < 1.29 is 9.90 Å². The molecule has 0 atom stereocenters. The Balaban J connectivity index is 2.88. The zero-order chi connectivity index (χ0) is 9.42. The van der Waals surface area contributed by atoms with Crippen molar-refractivity contribution in [1.29, 1.82) is 0 Å². The molecule has 66 valence electrons. The van der Waals surface area contributed by atoms with E-state index < -0.39 is 5.97 Å². The van der Waals surface area contributed by atoms with Gasteiger partial charge < -0.3 is 15.8 Å². The summed E-state index contributed by atoms with van der Waals surface area (Å²) in [6.07, 6.45) is 4.38. The molecule has 0 saturated heterocycles. The molecular formula is C8H7N3O2. The number of aromatic nitrogens is 2. The summed E-state index contributed by atoms with van der Waals surface area (Å²) in [6, 6.07) is 0. The van der Waals surface area contributed by atoms with Crippen molar-refractivity contribution in [3.63, 3.8) is 0 Å². The second-order valence-corrected chi connectivity index (χ2v) is 2.66. The van der Waals surface area contributed by atoms with Crippen molar-refractivity contribution in [2.45, 2.75) is 0 Å². The third kappa shape index (κ3) is 1.01. The summed E-state index contributed by atoms with van der Waals surface area (Å²) in [5.74, 6) is -1.02. The number of pyridine rings is 1. The van der Waals surface area contributed by atoms with E-state index in [9.17, 15) is 4.79 Å². The molecule has 2 heterocycles. The normalized spacial score (nSPS) is 10.5. The SMILES string of the molecule is Nc1c[nH]c2cncc(C(=O)O)c12. The van der Waals surface area contributed by atoms with Crippen LogP contribution in [0.25, 0.3) is 10.9 Å². The molecule has 2 aromatic heterocycles. The van der Waals surface area contributed by atoms with Crippen LogP contribution in [0.5, 0.6) is 0 Å². The first kappa shape index (κ1) is 7.60. The van der Waals surface area contributed by atoms with Crippen molar-refractivity contribution in [2.75, 3.05) is 5.73 Å². The van der Waals surface area contributed by atoms with Crippen LogP contribution in [0.3, 0.4) is 0 Å². The van der Waals surface area contributed by atoms with Crippen LogP contribution in [-0.2, 0) is 0 Å². The summed E-state index contributed by atoms with van der Waals surface area (Å²) in [4.78, 5) is 17.4. The van der Waals surface area contributed by atoms with Gasteiger partial charge in [0.15, 0.2) is 0 Å². The van der Waals surface area contributed by atoms with E-state index in [2.05, 4.69) is 9.97 Å². The third-order valence-corrected chi connectivity index (χ3v) is 1.85. The molecule has 0 bridgehead atoms. The van der Waals surface area contributed by atoms with Gasteiger partial charge in [0.25, 0.3) is 0 Å². The van der Waals surface area contributed by atoms with E-state index in [-0.39, 0.29) is 5.56 Å². The summed E-state index contributed by atoms with van der Waals surface area (Å²) in [7, 11) is 0. The number of hydrogen-bond acceptors (Lipinski definition) is 3. The average molecular weight is 177 g/mol. The van der Waals surface area contributed by atoms with Crippen molar-refractivity contribution in [3.8, 4) is 0 Å². The molecule has 0 fully saturated rings. The monoisotopic (exact) mass is 177 g/mol. The largest absolute Gasteiger partial charge is 0.478 e. The fraction of sp³-hybridized carbons (Fsp3) is 0. The number of fused-ring (bicyclic) bond motifs is 1. The number of H-pyrrole nitrogens is 1. The molecule has 2 aromatic rings. The molecule has 0 aliphatic rings. The minimum atomic E-state index is -1.02. The molecule has 4 N–H and O–H groups in total. The molecule has 0 radical (unpaired) electrons. The van der Waals surface area contributed by atoms with Crippen molar-refractivity contribution in [1.82, 2.24) is 9.97 Å². The van der Waals surface area contributed by atoms with Crippen LogP contribution in [0, 0.1) is 0 Å². The standard InChI is InChI=1S/C8H7N3O2/c9-5-2-11-6-3-10-1-4(7(5)6)8(12)13/h1-3,11H,9H2,(H,12,13). The number of anilines is 1. The fourth-order valence-corrected chi connectivity index (χ4v) is 1.27. The number of nitrogens with one attached hydrogen (secondary N) is 1. The van der Waals surface area contributed by atoms with Crippen LogP contribution >= 0.6 is 0 Å². The number of nitrogens with zero attached hydrogens (tertiary/aromatic N) is 1. The quantitative estimate of drug-likeness (QED) is 0.601. The van der Waals surface area contributed by atoms with E-state index >= 15 is 0 Å². The smallest absolute Gasteiger partial charge is 0.338 e. The number of carboxylic acid groups (broad SMARTS) is 1. The molecule has 5 heteroatoms. The van der Waals surface area contributed by atoms with Gasteiger partial charge in [-0.05, 0) is 0 Å². The third-order valence-electron chi connectivity index (χ3n) is 1.85. The first-order valence-electron chi connectivity index (χ1n) is 3.64. The van der Waals surface area contributed by atoms with E-state index in [1.54, 1.807) is 6.20 Å². The van der Waals surface area contributed by atoms with Gasteiger partial charge in [0.05, 0.1) is 23.0 Å². The van der Waals surface area contributed by atoms with E-state index in [0.29, 0.717) is 16.6 Å². The summed E-state index contributed by atoms with van der Waals surface area (Å²) in [6.45, 7) is 0. The van der Waals surface area contributed by atoms with Gasteiger partial charge in [-0.1, -0.05) is 0 Å². The molecule has 0 aliphatic carbocycles. The van der Waals surface area contributed by atoms with Crippen LogP contribution < -0.4 is 5.73 Å². The van der Waals surface area contributed by atoms with Crippen LogP contribution in [0.1, 0.15) is 10.4 Å². The number of carbonyl (C=O) groups is 1. The molecule has 0 amide bonds. The highest BCUT2D eigenvalue weighted by Gasteiger charge is 2.11. The Bertz CT molecular complexity index is 475. The van der Waals surface area contributed by atoms with Crippen molar-refractivity contribution >= 4 is 22.6 Å². The lowest BCUT2D eigenvalue weighted by molar-refractivity contribution is 0.0698. The summed E-state index contributed by atoms with van der Waals surface area (Å²) >= 11 is 0. The van der Waals surface area contributed by atoms with Crippen LogP contribution in [-0.4, -0.2) is 21.0 Å². The van der Waals surface area contributed by atoms with E-state index in [1.807, 2.05) is 0 Å². The number of carboxylic acids is 1. The van der Waals surface area contributed by atoms with Gasteiger partial charge in [-0.25, -0.2) is 4.79 Å². The van der Waals surface area contributed by atoms with Gasteiger partial charge >= 0.3 is 5.97 Å². The highest BCUT2D eigenvalue weighted by molar-refractivity contribution is 6.07. The van der Waals surface area contributed by atoms with Crippen molar-refractivity contribution in [3.05, 3.63) is 24.2 Å². The summed E-state index contributed by atoms with van der Waals surface area (Å²) in [5, 5.41) is 9.33. The molecule has 0 aromatic carbocycles. The maximum absolute atomic E-state index is 10.8. The number of aromatic amines is 1. The lowest BCUT2D eigenvalue weighted by atomic mass is 10.2. The number of aromatic carboxylic acids is 1. The molecule has 2 rings (SSSR count). The Morgan fingerprint density at radius 1 is 1.54 bits per heavy atom. The lowest BCUT2D eigenvalue weighted by Gasteiger charge is -1.96. The first-order chi connectivity index (χ1) is 6.20. The zero-order valence-electron chi connectivity index (χ0n) is 6.61. The zero-order valence-corrected chi connectivity index (χ0v) is 6.61. The number of nitrogen functional groups attached to an aromatic ring is 1. The lowest BCUT2D eigenvalue weighted by Crippen LogP contribution is -1.98. The van der Waals surface area contributed by atoms with Gasteiger partial charge in [-0.15, -0.1) is 0 Å². The highest BCUT2D eigenvalue weighted by atomic mass is 16.4. The molecule has 0 aliphatic heterocycles. The Kier molecular flexibility index (Phi) is 1.45. The van der Waals surface area contributed by atoms with E-state index in [1.165, 1.54) is 12.4 Å². The summed E-state index contributed by atoms with van der Waals surface area (Å²) < 4.78 is 0. The Morgan fingerprint density at radius 2 is 2.31 bits per heavy atom. The van der Waals surface area contributed by atoms with Gasteiger partial charge in [0.1, 0.15) is 0 Å². The Hall–Kier alpha value is -2.04. The predicted octanol–water partition coefficient (Wildman–Crippen LogP) is 0.843. The summed E-state index contributed by atoms with van der Waals surface area (Å²) in [5.41, 5.74) is 6.78. The Labute approximate surface area is 73.2 Å². The van der Waals surface area contributed by atoms with E-state index in [0.717, 1.165) is 0 Å². The molecule has 0 saturated carbocycles. The number of nitrogens with two attached hydrogens (primary N) is 1. The van der Waals surface area contributed by atoms with Crippen LogP contribution in [0.15, 0.2) is 18.6 Å². The minimum Gasteiger partial charge on any atom is -0.478 e. The van der Waals surface area contributed by atoms with Crippen molar-refractivity contribution in [2.24, 2.45) is 0 Å². The van der Waals surface area contributed by atoms with Gasteiger partial charge in [0.2, 0.25) is 0 Å². The first-order valence-corrected chi connectivity index (χ1v) is 3.64. The fourth-order valence-electron chi connectivity index (χ4n) is 1.27. The molecule has 0 unspecified atom stereocenters. The van der Waals surface area contributed by atoms with Crippen LogP contribution in [0.4, 0.5) is 5.69 Å². The van der Waals surface area contributed by atoms with E-state index in [4.69, 9.17) is 10.8 Å². The molecule has 13 heavy (non-hydrogen) atoms. The Morgan fingerprint density at radius 3 is 3.00 bits per heavy atom. The second kappa shape index (κ2) is 2.48. The average Bonchev–Trinajstić information content (AvgIpc) is 2.48. The molecule has 5 nitrogen and oxygen atoms in total.